The molecule has 6 heteroatoms. The maximum atomic E-state index is 12.4. The van der Waals surface area contributed by atoms with Crippen molar-refractivity contribution >= 4 is 5.97 Å². The van der Waals surface area contributed by atoms with E-state index in [9.17, 15) is 13.6 Å². The molecule has 0 radical (unpaired) electrons. The van der Waals surface area contributed by atoms with Gasteiger partial charge < -0.3 is 9.47 Å². The fraction of sp³-hybridized carbons (Fsp3) is 0.533. The molecular formula is C15H19F2NO3. The summed E-state index contributed by atoms with van der Waals surface area (Å²) in [6.45, 7) is -0.946. The molecule has 0 amide bonds. The average Bonchev–Trinajstić information content (AvgIpc) is 2.48. The molecule has 0 bridgehead atoms. The second-order valence-corrected chi connectivity index (χ2v) is 5.08. The number of carbonyl (C=O) groups excluding carboxylic acids is 1. The van der Waals surface area contributed by atoms with E-state index in [-0.39, 0.29) is 17.6 Å². The third kappa shape index (κ3) is 4.39. The Morgan fingerprint density at radius 1 is 1.43 bits per heavy atom. The van der Waals surface area contributed by atoms with Crippen LogP contribution in [-0.4, -0.2) is 37.7 Å². The van der Waals surface area contributed by atoms with Gasteiger partial charge in [0.2, 0.25) is 0 Å². The van der Waals surface area contributed by atoms with Crippen LogP contribution in [0, 0.1) is 5.92 Å². The molecule has 1 aromatic carbocycles. The lowest BCUT2D eigenvalue weighted by atomic mass is 9.97. The fourth-order valence-electron chi connectivity index (χ4n) is 2.64. The number of nitrogens with zero attached hydrogens (tertiary/aromatic N) is 1. The van der Waals surface area contributed by atoms with E-state index < -0.39 is 6.61 Å². The number of carbonyl (C=O) groups is 1. The summed E-state index contributed by atoms with van der Waals surface area (Å²) in [5.41, 5.74) is 0.698. The Bertz CT molecular complexity index is 482. The molecule has 0 saturated carbocycles. The molecule has 0 spiro atoms. The van der Waals surface area contributed by atoms with Crippen molar-refractivity contribution in [3.63, 3.8) is 0 Å². The van der Waals surface area contributed by atoms with Crippen LogP contribution in [0.5, 0.6) is 5.75 Å². The van der Waals surface area contributed by atoms with Gasteiger partial charge in [-0.05, 0) is 25.5 Å². The topological polar surface area (TPSA) is 38.8 Å². The standard InChI is InChI=1S/C15H19F2NO3/c1-20-14(19)12-6-4-8-18(10-12)9-11-5-2-3-7-13(11)21-15(16)17/h2-3,5,7,12,15H,4,6,8-10H2,1H3. The molecule has 1 aliphatic heterocycles. The highest BCUT2D eigenvalue weighted by atomic mass is 19.3. The number of benzene rings is 1. The van der Waals surface area contributed by atoms with Crippen molar-refractivity contribution in [3.05, 3.63) is 29.8 Å². The number of ether oxygens (including phenoxy) is 2. The smallest absolute Gasteiger partial charge is 0.387 e. The molecular weight excluding hydrogens is 280 g/mol. The molecule has 1 atom stereocenters. The van der Waals surface area contributed by atoms with Gasteiger partial charge in [-0.15, -0.1) is 0 Å². The quantitative estimate of drug-likeness (QED) is 0.784. The van der Waals surface area contributed by atoms with Gasteiger partial charge in [0, 0.05) is 18.7 Å². The highest BCUT2D eigenvalue weighted by Crippen LogP contribution is 2.25. The third-order valence-corrected chi connectivity index (χ3v) is 3.62. The van der Waals surface area contributed by atoms with Gasteiger partial charge >= 0.3 is 12.6 Å². The average molecular weight is 299 g/mol. The summed E-state index contributed by atoms with van der Waals surface area (Å²) in [7, 11) is 1.38. The number of halogens is 2. The van der Waals surface area contributed by atoms with Crippen molar-refractivity contribution in [2.75, 3.05) is 20.2 Å². The van der Waals surface area contributed by atoms with Crippen LogP contribution in [0.3, 0.4) is 0 Å². The van der Waals surface area contributed by atoms with Crippen LogP contribution in [0.1, 0.15) is 18.4 Å². The van der Waals surface area contributed by atoms with E-state index in [1.807, 2.05) is 0 Å². The van der Waals surface area contributed by atoms with E-state index in [2.05, 4.69) is 9.64 Å². The van der Waals surface area contributed by atoms with Gasteiger partial charge in [0.05, 0.1) is 13.0 Å². The Balaban J connectivity index is 2.02. The zero-order chi connectivity index (χ0) is 15.2. The monoisotopic (exact) mass is 299 g/mol. The van der Waals surface area contributed by atoms with Gasteiger partial charge in [-0.2, -0.15) is 8.78 Å². The molecule has 4 nitrogen and oxygen atoms in total. The van der Waals surface area contributed by atoms with Gasteiger partial charge in [0.1, 0.15) is 5.75 Å². The Morgan fingerprint density at radius 2 is 2.19 bits per heavy atom. The SMILES string of the molecule is COC(=O)C1CCCN(Cc2ccccc2OC(F)F)C1. The summed E-state index contributed by atoms with van der Waals surface area (Å²) in [6, 6.07) is 6.74. The molecule has 1 saturated heterocycles. The molecule has 116 valence electrons. The fourth-order valence-corrected chi connectivity index (χ4v) is 2.64. The van der Waals surface area contributed by atoms with E-state index in [4.69, 9.17) is 4.74 Å². The van der Waals surface area contributed by atoms with Crippen molar-refractivity contribution in [3.8, 4) is 5.75 Å². The van der Waals surface area contributed by atoms with E-state index in [1.165, 1.54) is 13.2 Å². The molecule has 21 heavy (non-hydrogen) atoms. The van der Waals surface area contributed by atoms with Gasteiger partial charge in [-0.1, -0.05) is 18.2 Å². The maximum Gasteiger partial charge on any atom is 0.387 e. The lowest BCUT2D eigenvalue weighted by molar-refractivity contribution is -0.147. The highest BCUT2D eigenvalue weighted by molar-refractivity contribution is 5.72. The minimum atomic E-state index is -2.84. The van der Waals surface area contributed by atoms with Gasteiger partial charge in [-0.3, -0.25) is 9.69 Å². The number of esters is 1. The van der Waals surface area contributed by atoms with Crippen molar-refractivity contribution in [2.24, 2.45) is 5.92 Å². The largest absolute Gasteiger partial charge is 0.469 e. The van der Waals surface area contributed by atoms with Crippen molar-refractivity contribution in [1.29, 1.82) is 0 Å². The van der Waals surface area contributed by atoms with E-state index in [0.717, 1.165) is 19.4 Å². The maximum absolute atomic E-state index is 12.4. The van der Waals surface area contributed by atoms with Crippen LogP contribution in [-0.2, 0) is 16.1 Å². The first-order chi connectivity index (χ1) is 10.1. The van der Waals surface area contributed by atoms with Crippen LogP contribution in [0.25, 0.3) is 0 Å². The van der Waals surface area contributed by atoms with Crippen LogP contribution in [0.2, 0.25) is 0 Å². The Labute approximate surface area is 122 Å². The number of para-hydroxylation sites is 1. The zero-order valence-electron chi connectivity index (χ0n) is 11.9. The van der Waals surface area contributed by atoms with E-state index >= 15 is 0 Å². The van der Waals surface area contributed by atoms with Gasteiger partial charge in [0.25, 0.3) is 0 Å². The summed E-state index contributed by atoms with van der Waals surface area (Å²) in [5.74, 6) is -0.170. The van der Waals surface area contributed by atoms with Gasteiger partial charge in [-0.25, -0.2) is 0 Å². The number of hydrogen-bond acceptors (Lipinski definition) is 4. The summed E-state index contributed by atoms with van der Waals surface area (Å²) >= 11 is 0. The Kier molecular flexibility index (Phi) is 5.50. The number of rotatable bonds is 5. The first-order valence-corrected chi connectivity index (χ1v) is 6.93. The molecule has 1 aliphatic rings. The summed E-state index contributed by atoms with van der Waals surface area (Å²) in [4.78, 5) is 13.7. The molecule has 1 unspecified atom stereocenters. The Morgan fingerprint density at radius 3 is 2.90 bits per heavy atom. The molecule has 0 aliphatic carbocycles. The lowest BCUT2D eigenvalue weighted by Gasteiger charge is -2.31. The normalized spacial score (nSPS) is 19.5. The number of hydrogen-bond donors (Lipinski definition) is 0. The molecule has 0 N–H and O–H groups in total. The van der Waals surface area contributed by atoms with Crippen molar-refractivity contribution < 1.29 is 23.0 Å². The van der Waals surface area contributed by atoms with Crippen molar-refractivity contribution in [2.45, 2.75) is 26.0 Å². The predicted molar refractivity (Wildman–Crippen MR) is 73.1 cm³/mol. The minimum Gasteiger partial charge on any atom is -0.469 e. The molecule has 1 aromatic rings. The molecule has 1 heterocycles. The summed E-state index contributed by atoms with van der Waals surface area (Å²) < 4.78 is 34.1. The number of alkyl halides is 2. The van der Waals surface area contributed by atoms with Gasteiger partial charge in [0.15, 0.2) is 0 Å². The highest BCUT2D eigenvalue weighted by Gasteiger charge is 2.26. The van der Waals surface area contributed by atoms with Crippen LogP contribution < -0.4 is 4.74 Å². The zero-order valence-corrected chi connectivity index (χ0v) is 11.9. The first-order valence-electron chi connectivity index (χ1n) is 6.93. The van der Waals surface area contributed by atoms with E-state index in [0.29, 0.717) is 18.7 Å². The number of piperidine rings is 1. The predicted octanol–water partition coefficient (Wildman–Crippen LogP) is 2.67. The van der Waals surface area contributed by atoms with E-state index in [1.54, 1.807) is 18.2 Å². The summed E-state index contributed by atoms with van der Waals surface area (Å²) in [6.07, 6.45) is 1.69. The van der Waals surface area contributed by atoms with Crippen LogP contribution >= 0.6 is 0 Å². The molecule has 0 aromatic heterocycles. The first kappa shape index (κ1) is 15.7. The van der Waals surface area contributed by atoms with Crippen LogP contribution in [0.4, 0.5) is 8.78 Å². The molecule has 2 rings (SSSR count). The second-order valence-electron chi connectivity index (χ2n) is 5.08. The third-order valence-electron chi connectivity index (χ3n) is 3.62. The second kappa shape index (κ2) is 7.36. The Hall–Kier alpha value is -1.69. The van der Waals surface area contributed by atoms with Crippen LogP contribution in [0.15, 0.2) is 24.3 Å². The van der Waals surface area contributed by atoms with Crippen molar-refractivity contribution in [1.82, 2.24) is 4.90 Å². The number of methoxy groups -OCH3 is 1. The minimum absolute atomic E-state index is 0.146. The summed E-state index contributed by atoms with van der Waals surface area (Å²) in [5, 5.41) is 0. The number of likely N-dealkylation sites (tertiary alicyclic amines) is 1. The lowest BCUT2D eigenvalue weighted by Crippen LogP contribution is -2.38. The molecule has 1 fully saturated rings.